The van der Waals surface area contributed by atoms with E-state index in [4.69, 9.17) is 11.6 Å². The SMILES string of the molecule is Cc1cnc(Nc2cc(Cl)ccc2F)[nH]1. The van der Waals surface area contributed by atoms with Gasteiger partial charge in [-0.15, -0.1) is 0 Å². The molecule has 1 aromatic carbocycles. The topological polar surface area (TPSA) is 40.7 Å². The molecule has 0 aliphatic carbocycles. The number of nitrogens with one attached hydrogen (secondary N) is 2. The van der Waals surface area contributed by atoms with Gasteiger partial charge in [0.05, 0.1) is 5.69 Å². The maximum absolute atomic E-state index is 13.3. The predicted molar refractivity (Wildman–Crippen MR) is 58.0 cm³/mol. The van der Waals surface area contributed by atoms with Gasteiger partial charge in [0.1, 0.15) is 5.82 Å². The van der Waals surface area contributed by atoms with Crippen molar-refractivity contribution in [3.8, 4) is 0 Å². The average molecular weight is 226 g/mol. The first-order valence-corrected chi connectivity index (χ1v) is 4.76. The number of aromatic nitrogens is 2. The molecule has 1 heterocycles. The van der Waals surface area contributed by atoms with Gasteiger partial charge in [0, 0.05) is 16.9 Å². The van der Waals surface area contributed by atoms with Gasteiger partial charge >= 0.3 is 0 Å². The summed E-state index contributed by atoms with van der Waals surface area (Å²) in [7, 11) is 0. The summed E-state index contributed by atoms with van der Waals surface area (Å²) in [5, 5.41) is 3.28. The number of benzene rings is 1. The molecule has 0 bridgehead atoms. The first-order valence-electron chi connectivity index (χ1n) is 4.39. The Morgan fingerprint density at radius 2 is 2.27 bits per heavy atom. The van der Waals surface area contributed by atoms with Gasteiger partial charge in [-0.1, -0.05) is 11.6 Å². The molecule has 0 saturated carbocycles. The molecule has 1 aromatic heterocycles. The fourth-order valence-corrected chi connectivity index (χ4v) is 1.37. The summed E-state index contributed by atoms with van der Waals surface area (Å²) in [6.45, 7) is 1.87. The fourth-order valence-electron chi connectivity index (χ4n) is 1.20. The Morgan fingerprint density at radius 1 is 1.47 bits per heavy atom. The number of aromatic amines is 1. The molecule has 0 fully saturated rings. The monoisotopic (exact) mass is 225 g/mol. The molecule has 0 aliphatic heterocycles. The van der Waals surface area contributed by atoms with Crippen LogP contribution in [0.2, 0.25) is 5.02 Å². The maximum atomic E-state index is 13.3. The highest BCUT2D eigenvalue weighted by Gasteiger charge is 2.04. The lowest BCUT2D eigenvalue weighted by Gasteiger charge is -2.04. The first-order chi connectivity index (χ1) is 7.15. The Labute approximate surface area is 91.3 Å². The maximum Gasteiger partial charge on any atom is 0.204 e. The number of nitrogens with zero attached hydrogens (tertiary/aromatic N) is 1. The van der Waals surface area contributed by atoms with E-state index in [0.29, 0.717) is 16.7 Å². The van der Waals surface area contributed by atoms with Crippen LogP contribution in [0.5, 0.6) is 0 Å². The normalized spacial score (nSPS) is 10.3. The molecule has 0 aliphatic rings. The van der Waals surface area contributed by atoms with Gasteiger partial charge in [0.25, 0.3) is 0 Å². The molecule has 0 amide bonds. The third-order valence-corrected chi connectivity index (χ3v) is 2.12. The van der Waals surface area contributed by atoms with Crippen LogP contribution in [0.25, 0.3) is 0 Å². The summed E-state index contributed by atoms with van der Waals surface area (Å²) in [5.41, 5.74) is 1.21. The molecular formula is C10H9ClFN3. The summed E-state index contributed by atoms with van der Waals surface area (Å²) < 4.78 is 13.3. The van der Waals surface area contributed by atoms with E-state index in [1.807, 2.05) is 6.92 Å². The molecule has 2 N–H and O–H groups in total. The Bertz CT molecular complexity index is 481. The third-order valence-electron chi connectivity index (χ3n) is 1.88. The second-order valence-corrected chi connectivity index (χ2v) is 3.60. The molecule has 0 saturated heterocycles. The molecule has 2 rings (SSSR count). The van der Waals surface area contributed by atoms with Gasteiger partial charge in [0.2, 0.25) is 5.95 Å². The van der Waals surface area contributed by atoms with E-state index in [9.17, 15) is 4.39 Å². The van der Waals surface area contributed by atoms with Crippen molar-refractivity contribution in [3.05, 3.63) is 40.9 Å². The Balaban J connectivity index is 2.27. The Hall–Kier alpha value is -1.55. The number of hydrogen-bond acceptors (Lipinski definition) is 2. The number of imidazole rings is 1. The number of aryl methyl sites for hydroxylation is 1. The summed E-state index contributed by atoms with van der Waals surface area (Å²) in [4.78, 5) is 6.94. The first kappa shape index (κ1) is 9.98. The summed E-state index contributed by atoms with van der Waals surface area (Å²) in [6.07, 6.45) is 1.66. The van der Waals surface area contributed by atoms with Crippen molar-refractivity contribution in [2.45, 2.75) is 6.92 Å². The van der Waals surface area contributed by atoms with Gasteiger partial charge < -0.3 is 10.3 Å². The van der Waals surface area contributed by atoms with Gasteiger partial charge in [-0.05, 0) is 25.1 Å². The number of anilines is 2. The molecule has 0 unspecified atom stereocenters. The van der Waals surface area contributed by atoms with Crippen LogP contribution in [0.4, 0.5) is 16.0 Å². The minimum atomic E-state index is -0.367. The lowest BCUT2D eigenvalue weighted by molar-refractivity contribution is 0.631. The van der Waals surface area contributed by atoms with E-state index in [0.717, 1.165) is 5.69 Å². The van der Waals surface area contributed by atoms with Crippen LogP contribution >= 0.6 is 11.6 Å². The number of halogens is 2. The second kappa shape index (κ2) is 3.90. The van der Waals surface area contributed by atoms with Gasteiger partial charge in [-0.2, -0.15) is 0 Å². The predicted octanol–water partition coefficient (Wildman–Crippen LogP) is 3.25. The van der Waals surface area contributed by atoms with Crippen LogP contribution < -0.4 is 5.32 Å². The number of hydrogen-bond donors (Lipinski definition) is 2. The third kappa shape index (κ3) is 2.27. The van der Waals surface area contributed by atoms with Crippen molar-refractivity contribution >= 4 is 23.2 Å². The van der Waals surface area contributed by atoms with Crippen LogP contribution in [-0.4, -0.2) is 9.97 Å². The van der Waals surface area contributed by atoms with Gasteiger partial charge in [0.15, 0.2) is 0 Å². The minimum Gasteiger partial charge on any atom is -0.328 e. The minimum absolute atomic E-state index is 0.303. The van der Waals surface area contributed by atoms with Crippen LogP contribution in [0.3, 0.4) is 0 Å². The smallest absolute Gasteiger partial charge is 0.204 e. The van der Waals surface area contributed by atoms with E-state index in [2.05, 4.69) is 15.3 Å². The Morgan fingerprint density at radius 3 is 2.93 bits per heavy atom. The molecular weight excluding hydrogens is 217 g/mol. The zero-order valence-corrected chi connectivity index (χ0v) is 8.77. The molecule has 5 heteroatoms. The Kier molecular flexibility index (Phi) is 2.60. The molecule has 15 heavy (non-hydrogen) atoms. The van der Waals surface area contributed by atoms with Crippen LogP contribution in [-0.2, 0) is 0 Å². The fraction of sp³-hybridized carbons (Fsp3) is 0.100. The van der Waals surface area contributed by atoms with E-state index in [1.54, 1.807) is 6.20 Å². The van der Waals surface area contributed by atoms with Crippen molar-refractivity contribution in [2.75, 3.05) is 5.32 Å². The molecule has 78 valence electrons. The molecule has 0 atom stereocenters. The lowest BCUT2D eigenvalue weighted by Crippen LogP contribution is -1.95. The van der Waals surface area contributed by atoms with Crippen molar-refractivity contribution in [2.24, 2.45) is 0 Å². The standard InChI is InChI=1S/C10H9ClFN3/c1-6-5-13-10(14-6)15-9-4-7(11)2-3-8(9)12/h2-5H,1H3,(H2,13,14,15). The molecule has 0 radical (unpaired) electrons. The van der Waals surface area contributed by atoms with Crippen molar-refractivity contribution in [1.29, 1.82) is 0 Å². The van der Waals surface area contributed by atoms with Gasteiger partial charge in [-0.25, -0.2) is 9.37 Å². The highest BCUT2D eigenvalue weighted by Crippen LogP contribution is 2.21. The summed E-state index contributed by atoms with van der Waals surface area (Å²) >= 11 is 5.75. The van der Waals surface area contributed by atoms with Crippen molar-refractivity contribution < 1.29 is 4.39 Å². The van der Waals surface area contributed by atoms with Crippen molar-refractivity contribution in [3.63, 3.8) is 0 Å². The largest absolute Gasteiger partial charge is 0.328 e. The quantitative estimate of drug-likeness (QED) is 0.824. The molecule has 0 spiro atoms. The summed E-state index contributed by atoms with van der Waals surface area (Å²) in [6, 6.07) is 4.31. The molecule has 3 nitrogen and oxygen atoms in total. The van der Waals surface area contributed by atoms with E-state index < -0.39 is 0 Å². The number of H-pyrrole nitrogens is 1. The molecule has 2 aromatic rings. The highest BCUT2D eigenvalue weighted by atomic mass is 35.5. The summed E-state index contributed by atoms with van der Waals surface area (Å²) in [5.74, 6) is 0.127. The highest BCUT2D eigenvalue weighted by molar-refractivity contribution is 6.30. The lowest BCUT2D eigenvalue weighted by atomic mass is 10.3. The average Bonchev–Trinajstić information content (AvgIpc) is 2.58. The van der Waals surface area contributed by atoms with E-state index >= 15 is 0 Å². The van der Waals surface area contributed by atoms with E-state index in [1.165, 1.54) is 18.2 Å². The van der Waals surface area contributed by atoms with E-state index in [-0.39, 0.29) is 5.82 Å². The van der Waals surface area contributed by atoms with Crippen LogP contribution in [0.1, 0.15) is 5.69 Å². The van der Waals surface area contributed by atoms with Gasteiger partial charge in [-0.3, -0.25) is 0 Å². The van der Waals surface area contributed by atoms with Crippen LogP contribution in [0.15, 0.2) is 24.4 Å². The number of rotatable bonds is 2. The second-order valence-electron chi connectivity index (χ2n) is 3.16. The zero-order valence-electron chi connectivity index (χ0n) is 8.01. The van der Waals surface area contributed by atoms with Crippen molar-refractivity contribution in [1.82, 2.24) is 9.97 Å². The zero-order chi connectivity index (χ0) is 10.8. The van der Waals surface area contributed by atoms with Crippen LogP contribution in [0, 0.1) is 12.7 Å².